The van der Waals surface area contributed by atoms with Gasteiger partial charge in [0.05, 0.1) is 6.10 Å². The molecule has 186 valence electrons. The lowest BCUT2D eigenvalue weighted by Gasteiger charge is -2.63. The van der Waals surface area contributed by atoms with E-state index in [1.807, 2.05) is 13.0 Å². The van der Waals surface area contributed by atoms with E-state index < -0.39 is 5.79 Å². The Hall–Kier alpha value is -1.42. The number of allylic oxidation sites excluding steroid dienone is 2. The minimum Gasteiger partial charge on any atom is -0.426 e. The van der Waals surface area contributed by atoms with Gasteiger partial charge in [0.25, 0.3) is 0 Å². The predicted octanol–water partition coefficient (Wildman–Crippen LogP) is 6.40. The van der Waals surface area contributed by atoms with Gasteiger partial charge in [0.1, 0.15) is 5.78 Å². The fourth-order valence-electron chi connectivity index (χ4n) is 10.4. The molecule has 0 aromatic rings. The van der Waals surface area contributed by atoms with E-state index >= 15 is 0 Å². The largest absolute Gasteiger partial charge is 0.426 e. The zero-order chi connectivity index (χ0) is 24.5. The molecule has 3 saturated carbocycles. The Morgan fingerprint density at radius 2 is 1.76 bits per heavy atom. The Labute approximate surface area is 204 Å². The average Bonchev–Trinajstić information content (AvgIpc) is 3.13. The van der Waals surface area contributed by atoms with Gasteiger partial charge in [-0.1, -0.05) is 53.2 Å². The summed E-state index contributed by atoms with van der Waals surface area (Å²) in [6.45, 7) is 16.1. The van der Waals surface area contributed by atoms with Gasteiger partial charge in [-0.25, -0.2) is 4.79 Å². The van der Waals surface area contributed by atoms with Gasteiger partial charge in [-0.2, -0.15) is 0 Å². The molecule has 2 heterocycles. The maximum atomic E-state index is 12.9. The third-order valence-corrected chi connectivity index (χ3v) is 12.2. The summed E-state index contributed by atoms with van der Waals surface area (Å²) in [7, 11) is 0. The van der Waals surface area contributed by atoms with Crippen molar-refractivity contribution in [3.8, 4) is 0 Å². The summed E-state index contributed by atoms with van der Waals surface area (Å²) in [5.74, 6) is 1.22. The van der Waals surface area contributed by atoms with Crippen LogP contribution in [0.2, 0.25) is 0 Å². The van der Waals surface area contributed by atoms with E-state index in [1.165, 1.54) is 12.8 Å². The molecule has 0 radical (unpaired) electrons. The first kappa shape index (κ1) is 23.0. The molecule has 6 rings (SSSR count). The lowest BCUT2D eigenvalue weighted by Crippen LogP contribution is -2.57. The summed E-state index contributed by atoms with van der Waals surface area (Å²) in [4.78, 5) is 25.1. The number of hydrogen-bond acceptors (Lipinski definition) is 4. The maximum Gasteiger partial charge on any atom is 0.336 e. The van der Waals surface area contributed by atoms with Crippen LogP contribution in [0.25, 0.3) is 0 Å². The van der Waals surface area contributed by atoms with Gasteiger partial charge in [0.2, 0.25) is 5.79 Å². The van der Waals surface area contributed by atoms with Crippen LogP contribution >= 0.6 is 0 Å². The van der Waals surface area contributed by atoms with Crippen molar-refractivity contribution in [3.05, 3.63) is 23.3 Å². The van der Waals surface area contributed by atoms with Crippen LogP contribution in [0.3, 0.4) is 0 Å². The van der Waals surface area contributed by atoms with Crippen molar-refractivity contribution in [2.75, 3.05) is 0 Å². The minimum absolute atomic E-state index is 0.0754. The standard InChI is InChI=1S/C30H42O4/c1-17-14-30(15-18(2)25(32)34-30)33-21-16-29(7)20-8-9-22-26(3,4)23(31)11-12-27(22,5)19(20)10-13-28(29,6)24(17)21/h8,15,17,19,21-22,24H,9-14,16H2,1-7H3/t17-,19-,21-,22+,24+,27-,28-,29+,30+/m1/s1. The number of esters is 1. The third-order valence-electron chi connectivity index (χ3n) is 12.2. The fraction of sp³-hybridized carbons (Fsp3) is 0.800. The van der Waals surface area contributed by atoms with E-state index in [0.717, 1.165) is 32.1 Å². The third kappa shape index (κ3) is 2.59. The average molecular weight is 467 g/mol. The molecule has 4 fully saturated rings. The molecule has 6 aliphatic rings. The number of ketones is 1. The number of Topliss-reactive ketones (excluding diaryl/α,β-unsaturated/α-hetero) is 1. The molecule has 0 N–H and O–H groups in total. The zero-order valence-corrected chi connectivity index (χ0v) is 22.1. The molecule has 4 nitrogen and oxygen atoms in total. The summed E-state index contributed by atoms with van der Waals surface area (Å²) in [5, 5.41) is 0. The maximum absolute atomic E-state index is 12.9. The second kappa shape index (κ2) is 6.66. The summed E-state index contributed by atoms with van der Waals surface area (Å²) in [6, 6.07) is 0. The molecule has 0 unspecified atom stereocenters. The van der Waals surface area contributed by atoms with Crippen LogP contribution in [0.1, 0.15) is 93.4 Å². The van der Waals surface area contributed by atoms with E-state index in [0.29, 0.717) is 35.0 Å². The first-order valence-electron chi connectivity index (χ1n) is 13.6. The van der Waals surface area contributed by atoms with Gasteiger partial charge in [-0.15, -0.1) is 0 Å². The van der Waals surface area contributed by atoms with Gasteiger partial charge in [0.15, 0.2) is 0 Å². The monoisotopic (exact) mass is 466 g/mol. The number of hydrogen-bond donors (Lipinski definition) is 0. The van der Waals surface area contributed by atoms with Crippen molar-refractivity contribution >= 4 is 11.8 Å². The molecule has 0 aromatic heterocycles. The van der Waals surface area contributed by atoms with Crippen LogP contribution in [0.4, 0.5) is 0 Å². The number of carbonyl (C=O) groups is 2. The second-order valence-electron chi connectivity index (χ2n) is 14.0. The van der Waals surface area contributed by atoms with E-state index in [1.54, 1.807) is 5.57 Å². The SMILES string of the molecule is CC1=C[C@]2(C[C@@H](C)[C@H]3[C@@H](C[C@@]4(C)C5=CC[C@H]6C(C)(C)C(=O)CC[C@]6(C)[C@@H]5CC[C@]34C)O2)OC1=O. The quantitative estimate of drug-likeness (QED) is 0.306. The highest BCUT2D eigenvalue weighted by Gasteiger charge is 2.70. The van der Waals surface area contributed by atoms with Gasteiger partial charge < -0.3 is 9.47 Å². The van der Waals surface area contributed by atoms with Gasteiger partial charge in [0, 0.05) is 23.8 Å². The first-order chi connectivity index (χ1) is 15.8. The molecule has 1 spiro atoms. The first-order valence-corrected chi connectivity index (χ1v) is 13.6. The molecule has 34 heavy (non-hydrogen) atoms. The second-order valence-corrected chi connectivity index (χ2v) is 14.0. The number of carbonyl (C=O) groups excluding carboxylic acids is 2. The summed E-state index contributed by atoms with van der Waals surface area (Å²) in [6.07, 6.45) is 11.5. The molecule has 4 heteroatoms. The molecule has 0 aromatic carbocycles. The predicted molar refractivity (Wildman–Crippen MR) is 131 cm³/mol. The van der Waals surface area contributed by atoms with E-state index in [4.69, 9.17) is 9.47 Å². The Kier molecular flexibility index (Phi) is 4.51. The van der Waals surface area contributed by atoms with Crippen LogP contribution in [0, 0.1) is 45.3 Å². The fourth-order valence-corrected chi connectivity index (χ4v) is 10.4. The summed E-state index contributed by atoms with van der Waals surface area (Å²) >= 11 is 0. The Balaban J connectivity index is 1.39. The topological polar surface area (TPSA) is 52.6 Å². The van der Waals surface area contributed by atoms with Crippen LogP contribution in [-0.4, -0.2) is 23.6 Å². The van der Waals surface area contributed by atoms with Crippen LogP contribution in [0.5, 0.6) is 0 Å². The van der Waals surface area contributed by atoms with Crippen molar-refractivity contribution in [1.82, 2.24) is 0 Å². The number of rotatable bonds is 0. The zero-order valence-electron chi connectivity index (χ0n) is 22.1. The van der Waals surface area contributed by atoms with Gasteiger partial charge >= 0.3 is 5.97 Å². The normalized spacial score (nSPS) is 53.3. The van der Waals surface area contributed by atoms with Crippen LogP contribution in [-0.2, 0) is 19.1 Å². The Morgan fingerprint density at radius 1 is 1.03 bits per heavy atom. The molecule has 4 aliphatic carbocycles. The molecular formula is C30H42O4. The van der Waals surface area contributed by atoms with Crippen molar-refractivity contribution in [2.24, 2.45) is 45.3 Å². The van der Waals surface area contributed by atoms with Crippen molar-refractivity contribution in [1.29, 1.82) is 0 Å². The Morgan fingerprint density at radius 3 is 2.44 bits per heavy atom. The minimum atomic E-state index is -0.868. The van der Waals surface area contributed by atoms with Gasteiger partial charge in [-0.05, 0) is 85.0 Å². The van der Waals surface area contributed by atoms with E-state index in [2.05, 4.69) is 47.6 Å². The van der Waals surface area contributed by atoms with Crippen LogP contribution < -0.4 is 0 Å². The van der Waals surface area contributed by atoms with Crippen molar-refractivity contribution in [3.63, 3.8) is 0 Å². The lowest BCUT2D eigenvalue weighted by atomic mass is 9.41. The lowest BCUT2D eigenvalue weighted by molar-refractivity contribution is -0.258. The highest BCUT2D eigenvalue weighted by molar-refractivity contribution is 5.90. The Bertz CT molecular complexity index is 1040. The van der Waals surface area contributed by atoms with Crippen molar-refractivity contribution in [2.45, 2.75) is 105 Å². The number of fused-ring (bicyclic) bond motifs is 7. The number of ether oxygens (including phenoxy) is 2. The molecule has 9 atom stereocenters. The summed E-state index contributed by atoms with van der Waals surface area (Å²) < 4.78 is 12.6. The molecule has 1 saturated heterocycles. The van der Waals surface area contributed by atoms with E-state index in [9.17, 15) is 9.59 Å². The van der Waals surface area contributed by atoms with Gasteiger partial charge in [-0.3, -0.25) is 4.79 Å². The molecule has 0 amide bonds. The van der Waals surface area contributed by atoms with Crippen LogP contribution in [0.15, 0.2) is 23.3 Å². The smallest absolute Gasteiger partial charge is 0.336 e. The van der Waals surface area contributed by atoms with E-state index in [-0.39, 0.29) is 33.7 Å². The molecule has 2 aliphatic heterocycles. The molecular weight excluding hydrogens is 424 g/mol. The highest BCUT2D eigenvalue weighted by Crippen LogP contribution is 2.74. The van der Waals surface area contributed by atoms with Crippen molar-refractivity contribution < 1.29 is 19.1 Å². The highest BCUT2D eigenvalue weighted by atomic mass is 16.7. The summed E-state index contributed by atoms with van der Waals surface area (Å²) in [5.41, 5.74) is 2.52. The molecule has 0 bridgehead atoms.